The van der Waals surface area contributed by atoms with E-state index in [4.69, 9.17) is 0 Å². The molecule has 1 saturated heterocycles. The van der Waals surface area contributed by atoms with Crippen LogP contribution < -0.4 is 15.5 Å². The SMILES string of the molecule is O=C1CN(c2ccc(NC(=O)C3[C@@H]4CCCC[C@@H]34)cn2)CCN1. The molecule has 6 nitrogen and oxygen atoms in total. The highest BCUT2D eigenvalue weighted by Crippen LogP contribution is 2.55. The smallest absolute Gasteiger partial charge is 0.239 e. The average molecular weight is 314 g/mol. The summed E-state index contributed by atoms with van der Waals surface area (Å²) in [4.78, 5) is 30.1. The number of piperazine rings is 1. The minimum absolute atomic E-state index is 0.0202. The van der Waals surface area contributed by atoms with E-state index in [2.05, 4.69) is 15.6 Å². The van der Waals surface area contributed by atoms with Crippen molar-refractivity contribution >= 4 is 23.3 Å². The molecule has 3 aliphatic rings. The highest BCUT2D eigenvalue weighted by atomic mass is 16.2. The van der Waals surface area contributed by atoms with E-state index in [1.807, 2.05) is 17.0 Å². The fourth-order valence-electron chi connectivity index (χ4n) is 4.09. The molecule has 1 aromatic heterocycles. The Labute approximate surface area is 135 Å². The van der Waals surface area contributed by atoms with Gasteiger partial charge in [0.15, 0.2) is 0 Å². The van der Waals surface area contributed by atoms with Crippen LogP contribution in [0.15, 0.2) is 18.3 Å². The fraction of sp³-hybridized carbons (Fsp3) is 0.588. The lowest BCUT2D eigenvalue weighted by atomic mass is 10.0. The Kier molecular flexibility index (Phi) is 3.67. The normalized spacial score (nSPS) is 29.5. The van der Waals surface area contributed by atoms with E-state index < -0.39 is 0 Å². The molecule has 2 saturated carbocycles. The Morgan fingerprint density at radius 1 is 1.26 bits per heavy atom. The van der Waals surface area contributed by atoms with Gasteiger partial charge in [-0.15, -0.1) is 0 Å². The van der Waals surface area contributed by atoms with Crippen molar-refractivity contribution in [1.29, 1.82) is 0 Å². The summed E-state index contributed by atoms with van der Waals surface area (Å²) in [6.07, 6.45) is 6.63. The van der Waals surface area contributed by atoms with E-state index in [9.17, 15) is 9.59 Å². The minimum atomic E-state index is 0.0202. The average Bonchev–Trinajstić information content (AvgIpc) is 3.30. The second kappa shape index (κ2) is 5.83. The Bertz CT molecular complexity index is 604. The lowest BCUT2D eigenvalue weighted by Crippen LogP contribution is -2.48. The van der Waals surface area contributed by atoms with Crippen LogP contribution in [0.4, 0.5) is 11.5 Å². The predicted molar refractivity (Wildman–Crippen MR) is 87.0 cm³/mol. The molecule has 1 aromatic rings. The summed E-state index contributed by atoms with van der Waals surface area (Å²) in [5, 5.41) is 5.80. The van der Waals surface area contributed by atoms with Crippen molar-refractivity contribution in [3.05, 3.63) is 18.3 Å². The Balaban J connectivity index is 1.37. The van der Waals surface area contributed by atoms with Gasteiger partial charge in [0.05, 0.1) is 18.4 Å². The zero-order valence-corrected chi connectivity index (χ0v) is 13.1. The van der Waals surface area contributed by atoms with E-state index in [0.717, 1.165) is 18.1 Å². The highest BCUT2D eigenvalue weighted by molar-refractivity contribution is 5.94. The van der Waals surface area contributed by atoms with E-state index >= 15 is 0 Å². The van der Waals surface area contributed by atoms with Crippen LogP contribution in [-0.4, -0.2) is 36.4 Å². The second-order valence-electron chi connectivity index (χ2n) is 6.80. The van der Waals surface area contributed by atoms with E-state index in [0.29, 0.717) is 24.9 Å². The van der Waals surface area contributed by atoms with E-state index in [1.54, 1.807) is 6.20 Å². The highest BCUT2D eigenvalue weighted by Gasteiger charge is 2.54. The summed E-state index contributed by atoms with van der Waals surface area (Å²) < 4.78 is 0. The van der Waals surface area contributed by atoms with Gasteiger partial charge in [-0.2, -0.15) is 0 Å². The van der Waals surface area contributed by atoms with Gasteiger partial charge in [0.1, 0.15) is 5.82 Å². The van der Waals surface area contributed by atoms with Gasteiger partial charge in [-0.1, -0.05) is 12.8 Å². The number of fused-ring (bicyclic) bond motifs is 1. The zero-order chi connectivity index (χ0) is 15.8. The van der Waals surface area contributed by atoms with Crippen LogP contribution in [0.5, 0.6) is 0 Å². The molecule has 2 aliphatic carbocycles. The molecule has 2 N–H and O–H groups in total. The van der Waals surface area contributed by atoms with E-state index in [-0.39, 0.29) is 17.7 Å². The van der Waals surface area contributed by atoms with Gasteiger partial charge in [0, 0.05) is 19.0 Å². The minimum Gasteiger partial charge on any atom is -0.353 e. The molecule has 1 aliphatic heterocycles. The summed E-state index contributed by atoms with van der Waals surface area (Å²) in [5.41, 5.74) is 0.740. The first kappa shape index (κ1) is 14.5. The molecule has 2 amide bonds. The third-order valence-electron chi connectivity index (χ3n) is 5.34. The van der Waals surface area contributed by atoms with Crippen molar-refractivity contribution in [3.63, 3.8) is 0 Å². The number of rotatable bonds is 3. The van der Waals surface area contributed by atoms with Gasteiger partial charge in [-0.05, 0) is 36.8 Å². The van der Waals surface area contributed by atoms with Crippen molar-refractivity contribution in [2.45, 2.75) is 25.7 Å². The van der Waals surface area contributed by atoms with Gasteiger partial charge in [0.2, 0.25) is 11.8 Å². The molecule has 23 heavy (non-hydrogen) atoms. The molecule has 122 valence electrons. The number of amides is 2. The Morgan fingerprint density at radius 3 is 2.70 bits per heavy atom. The summed E-state index contributed by atoms with van der Waals surface area (Å²) >= 11 is 0. The molecular weight excluding hydrogens is 292 g/mol. The third kappa shape index (κ3) is 2.90. The molecule has 3 fully saturated rings. The zero-order valence-electron chi connectivity index (χ0n) is 13.1. The molecule has 0 bridgehead atoms. The number of carbonyl (C=O) groups excluding carboxylic acids is 2. The van der Waals surface area contributed by atoms with Crippen LogP contribution in [-0.2, 0) is 9.59 Å². The van der Waals surface area contributed by atoms with Crippen molar-refractivity contribution in [1.82, 2.24) is 10.3 Å². The molecule has 2 atom stereocenters. The van der Waals surface area contributed by atoms with Crippen LogP contribution in [0.25, 0.3) is 0 Å². The standard InChI is InChI=1S/C17H22N4O2/c22-15-10-21(8-7-18-15)14-6-5-11(9-19-14)20-17(23)16-12-3-1-2-4-13(12)16/h5-6,9,12-13,16H,1-4,7-8,10H2,(H,18,22)(H,20,23)/t12-,13-/m1/s1. The van der Waals surface area contributed by atoms with Crippen LogP contribution in [0.3, 0.4) is 0 Å². The van der Waals surface area contributed by atoms with Crippen LogP contribution in [0.1, 0.15) is 25.7 Å². The number of aromatic nitrogens is 1. The molecule has 0 aromatic carbocycles. The van der Waals surface area contributed by atoms with Crippen LogP contribution >= 0.6 is 0 Å². The quantitative estimate of drug-likeness (QED) is 0.884. The number of pyridine rings is 1. The van der Waals surface area contributed by atoms with Gasteiger partial charge in [-0.25, -0.2) is 4.98 Å². The first-order valence-corrected chi connectivity index (χ1v) is 8.51. The maximum atomic E-state index is 12.4. The lowest BCUT2D eigenvalue weighted by Gasteiger charge is -2.27. The Hall–Kier alpha value is -2.11. The maximum absolute atomic E-state index is 12.4. The number of carbonyl (C=O) groups is 2. The topological polar surface area (TPSA) is 74.3 Å². The van der Waals surface area contributed by atoms with Gasteiger partial charge in [0.25, 0.3) is 0 Å². The second-order valence-corrected chi connectivity index (χ2v) is 6.80. The first-order chi connectivity index (χ1) is 11.2. The number of hydrogen-bond acceptors (Lipinski definition) is 4. The van der Waals surface area contributed by atoms with E-state index in [1.165, 1.54) is 25.7 Å². The summed E-state index contributed by atoms with van der Waals surface area (Å²) in [5.74, 6) is 2.38. The molecule has 0 spiro atoms. The Morgan fingerprint density at radius 2 is 2.04 bits per heavy atom. The predicted octanol–water partition coefficient (Wildman–Crippen LogP) is 1.39. The number of anilines is 2. The van der Waals surface area contributed by atoms with Crippen LogP contribution in [0.2, 0.25) is 0 Å². The van der Waals surface area contributed by atoms with Gasteiger partial charge >= 0.3 is 0 Å². The first-order valence-electron chi connectivity index (χ1n) is 8.51. The van der Waals surface area contributed by atoms with Gasteiger partial charge in [-0.3, -0.25) is 9.59 Å². The number of nitrogens with zero attached hydrogens (tertiary/aromatic N) is 2. The monoisotopic (exact) mass is 314 g/mol. The third-order valence-corrected chi connectivity index (χ3v) is 5.34. The largest absolute Gasteiger partial charge is 0.353 e. The van der Waals surface area contributed by atoms with Crippen molar-refractivity contribution in [2.75, 3.05) is 29.9 Å². The van der Waals surface area contributed by atoms with Crippen molar-refractivity contribution in [3.8, 4) is 0 Å². The lowest BCUT2D eigenvalue weighted by molar-refractivity contribution is -0.120. The molecule has 0 unspecified atom stereocenters. The van der Waals surface area contributed by atoms with Gasteiger partial charge < -0.3 is 15.5 Å². The number of nitrogens with one attached hydrogen (secondary N) is 2. The molecular formula is C17H22N4O2. The molecule has 4 rings (SSSR count). The fourth-order valence-corrected chi connectivity index (χ4v) is 4.09. The maximum Gasteiger partial charge on any atom is 0.239 e. The van der Waals surface area contributed by atoms with Crippen molar-refractivity contribution < 1.29 is 9.59 Å². The summed E-state index contributed by atoms with van der Waals surface area (Å²) in [7, 11) is 0. The summed E-state index contributed by atoms with van der Waals surface area (Å²) in [6.45, 7) is 1.74. The van der Waals surface area contributed by atoms with Crippen LogP contribution in [0, 0.1) is 17.8 Å². The molecule has 2 heterocycles. The molecule has 0 radical (unpaired) electrons. The molecule has 6 heteroatoms. The van der Waals surface area contributed by atoms with Crippen molar-refractivity contribution in [2.24, 2.45) is 17.8 Å². The number of hydrogen-bond donors (Lipinski definition) is 2. The summed E-state index contributed by atoms with van der Waals surface area (Å²) in [6, 6.07) is 3.74.